The fourth-order valence-electron chi connectivity index (χ4n) is 5.45. The normalized spacial score (nSPS) is 27.1. The van der Waals surface area contributed by atoms with E-state index < -0.39 is 6.18 Å². The van der Waals surface area contributed by atoms with Gasteiger partial charge in [-0.25, -0.2) is 0 Å². The quantitative estimate of drug-likeness (QED) is 0.255. The molecular weight excluding hydrogens is 409 g/mol. The van der Waals surface area contributed by atoms with Crippen LogP contribution in [-0.2, 0) is 4.74 Å². The van der Waals surface area contributed by atoms with E-state index in [2.05, 4.69) is 31.2 Å². The largest absolute Gasteiger partial charge is 0.409 e. The zero-order chi connectivity index (χ0) is 22.8. The van der Waals surface area contributed by atoms with Crippen LogP contribution < -0.4 is 0 Å². The molecule has 2 aliphatic carbocycles. The number of rotatable bonds is 10. The summed E-state index contributed by atoms with van der Waals surface area (Å²) in [7, 11) is 0. The minimum Gasteiger partial charge on any atom is -0.378 e. The molecule has 1 aromatic carbocycles. The van der Waals surface area contributed by atoms with Crippen LogP contribution >= 0.6 is 0 Å². The molecule has 1 aromatic rings. The Hall–Kier alpha value is -1.29. The maximum absolute atomic E-state index is 12.4. The van der Waals surface area contributed by atoms with Crippen LogP contribution in [0, 0.1) is 5.92 Å². The molecule has 0 aliphatic heterocycles. The third-order valence-electron chi connectivity index (χ3n) is 7.48. The van der Waals surface area contributed by atoms with E-state index in [1.807, 2.05) is 0 Å². The zero-order valence-electron chi connectivity index (χ0n) is 19.7. The summed E-state index contributed by atoms with van der Waals surface area (Å²) in [5.41, 5.74) is 2.79. The van der Waals surface area contributed by atoms with Gasteiger partial charge in [0, 0.05) is 12.7 Å². The second kappa shape index (κ2) is 12.8. The van der Waals surface area contributed by atoms with Gasteiger partial charge in [0.2, 0.25) is 0 Å². The van der Waals surface area contributed by atoms with E-state index in [-0.39, 0.29) is 5.92 Å². The second-order valence-corrected chi connectivity index (χ2v) is 9.94. The molecule has 0 amide bonds. The third-order valence-corrected chi connectivity index (χ3v) is 7.48. The number of allylic oxidation sites excluding steroid dienone is 2. The highest BCUT2D eigenvalue weighted by molar-refractivity contribution is 5.28. The lowest BCUT2D eigenvalue weighted by Crippen LogP contribution is -2.21. The van der Waals surface area contributed by atoms with Gasteiger partial charge in [0.25, 0.3) is 0 Å². The molecule has 3 rings (SSSR count). The van der Waals surface area contributed by atoms with Gasteiger partial charge >= 0.3 is 6.18 Å². The minimum atomic E-state index is -4.19. The summed E-state index contributed by atoms with van der Waals surface area (Å²) >= 11 is 0. The predicted molar refractivity (Wildman–Crippen MR) is 126 cm³/mol. The molecule has 0 bridgehead atoms. The molecule has 0 aromatic heterocycles. The lowest BCUT2D eigenvalue weighted by Gasteiger charge is -2.30. The first-order chi connectivity index (χ1) is 15.4. The predicted octanol–water partition coefficient (Wildman–Crippen LogP) is 9.09. The summed E-state index contributed by atoms with van der Waals surface area (Å²) in [5.74, 6) is 1.19. The van der Waals surface area contributed by atoms with Crippen molar-refractivity contribution in [3.05, 3.63) is 47.5 Å². The molecule has 0 saturated heterocycles. The van der Waals surface area contributed by atoms with Crippen LogP contribution in [0.25, 0.3) is 0 Å². The SMILES string of the molecule is CCCCCCCOC1CCC(c2ccc(C3CCC(/C=C/C(F)(F)F)CC3)cc2)CC1. The molecule has 0 radical (unpaired) electrons. The first-order valence-electron chi connectivity index (χ1n) is 12.9. The van der Waals surface area contributed by atoms with Gasteiger partial charge in [-0.05, 0) is 86.7 Å². The van der Waals surface area contributed by atoms with E-state index in [1.54, 1.807) is 0 Å². The molecule has 2 saturated carbocycles. The van der Waals surface area contributed by atoms with Gasteiger partial charge in [-0.3, -0.25) is 0 Å². The lowest BCUT2D eigenvalue weighted by atomic mass is 9.77. The molecule has 0 N–H and O–H groups in total. The van der Waals surface area contributed by atoms with E-state index in [0.717, 1.165) is 45.1 Å². The topological polar surface area (TPSA) is 9.23 Å². The molecule has 1 nitrogen and oxygen atoms in total. The maximum Gasteiger partial charge on any atom is 0.409 e. The fraction of sp³-hybridized carbons (Fsp3) is 0.714. The molecule has 0 unspecified atom stereocenters. The van der Waals surface area contributed by atoms with Crippen molar-refractivity contribution in [2.45, 2.75) is 115 Å². The molecule has 32 heavy (non-hydrogen) atoms. The number of ether oxygens (including phenoxy) is 1. The van der Waals surface area contributed by atoms with Crippen molar-refractivity contribution in [3.63, 3.8) is 0 Å². The van der Waals surface area contributed by atoms with E-state index in [1.165, 1.54) is 62.1 Å². The maximum atomic E-state index is 12.4. The van der Waals surface area contributed by atoms with Crippen LogP contribution in [0.5, 0.6) is 0 Å². The highest BCUT2D eigenvalue weighted by atomic mass is 19.4. The molecule has 0 heterocycles. The standard InChI is InChI=1S/C28H41F3O/c1-2-3-4-5-6-21-32-27-17-15-26(16-18-27)25-13-11-24(12-14-25)23-9-7-22(8-10-23)19-20-28(29,30)31/h11-14,19-20,22-23,26-27H,2-10,15-18,21H2,1H3/b20-19+. The Morgan fingerprint density at radius 2 is 1.31 bits per heavy atom. The summed E-state index contributed by atoms with van der Waals surface area (Å²) in [6.07, 6.45) is 12.9. The molecule has 2 aliphatic rings. The summed E-state index contributed by atoms with van der Waals surface area (Å²) in [4.78, 5) is 0. The van der Waals surface area contributed by atoms with E-state index in [4.69, 9.17) is 4.74 Å². The monoisotopic (exact) mass is 450 g/mol. The third kappa shape index (κ3) is 8.57. The van der Waals surface area contributed by atoms with Gasteiger partial charge in [0.05, 0.1) is 6.10 Å². The minimum absolute atomic E-state index is 0.0703. The van der Waals surface area contributed by atoms with Crippen molar-refractivity contribution in [2.75, 3.05) is 6.61 Å². The molecule has 180 valence electrons. The number of halogens is 3. The Morgan fingerprint density at radius 3 is 1.84 bits per heavy atom. The number of hydrogen-bond donors (Lipinski definition) is 0. The van der Waals surface area contributed by atoms with Gasteiger partial charge in [0.15, 0.2) is 0 Å². The Kier molecular flexibility index (Phi) is 10.1. The molecule has 0 atom stereocenters. The van der Waals surface area contributed by atoms with Crippen LogP contribution in [0.1, 0.15) is 113 Å². The Morgan fingerprint density at radius 1 is 0.781 bits per heavy atom. The summed E-state index contributed by atoms with van der Waals surface area (Å²) in [6, 6.07) is 9.13. The Bertz CT molecular complexity index is 663. The van der Waals surface area contributed by atoms with Crippen LogP contribution in [0.2, 0.25) is 0 Å². The Balaban J connectivity index is 1.37. The van der Waals surface area contributed by atoms with Crippen LogP contribution in [-0.4, -0.2) is 18.9 Å². The van der Waals surface area contributed by atoms with Crippen molar-refractivity contribution >= 4 is 0 Å². The van der Waals surface area contributed by atoms with Crippen molar-refractivity contribution in [1.82, 2.24) is 0 Å². The van der Waals surface area contributed by atoms with E-state index in [9.17, 15) is 13.2 Å². The molecular formula is C28H41F3O. The number of benzene rings is 1. The fourth-order valence-corrected chi connectivity index (χ4v) is 5.45. The van der Waals surface area contributed by atoms with Crippen molar-refractivity contribution in [3.8, 4) is 0 Å². The van der Waals surface area contributed by atoms with E-state index in [0.29, 0.717) is 24.0 Å². The average molecular weight is 451 g/mol. The van der Waals surface area contributed by atoms with Gasteiger partial charge in [-0.15, -0.1) is 0 Å². The molecule has 2 fully saturated rings. The Labute approximate surface area is 192 Å². The van der Waals surface area contributed by atoms with Gasteiger partial charge in [0.1, 0.15) is 0 Å². The van der Waals surface area contributed by atoms with Crippen molar-refractivity contribution in [1.29, 1.82) is 0 Å². The van der Waals surface area contributed by atoms with Crippen LogP contribution in [0.3, 0.4) is 0 Å². The summed E-state index contributed by atoms with van der Waals surface area (Å²) < 4.78 is 43.3. The van der Waals surface area contributed by atoms with Crippen molar-refractivity contribution in [2.24, 2.45) is 5.92 Å². The molecule has 0 spiro atoms. The van der Waals surface area contributed by atoms with Gasteiger partial charge < -0.3 is 4.74 Å². The van der Waals surface area contributed by atoms with Crippen molar-refractivity contribution < 1.29 is 17.9 Å². The van der Waals surface area contributed by atoms with Gasteiger partial charge in [-0.1, -0.05) is 62.9 Å². The zero-order valence-corrected chi connectivity index (χ0v) is 19.7. The van der Waals surface area contributed by atoms with Crippen LogP contribution in [0.4, 0.5) is 13.2 Å². The number of hydrogen-bond acceptors (Lipinski definition) is 1. The highest BCUT2D eigenvalue weighted by Gasteiger charge is 2.26. The average Bonchev–Trinajstić information content (AvgIpc) is 2.80. The first-order valence-corrected chi connectivity index (χ1v) is 12.9. The summed E-state index contributed by atoms with van der Waals surface area (Å²) in [6.45, 7) is 3.17. The van der Waals surface area contributed by atoms with Gasteiger partial charge in [-0.2, -0.15) is 13.2 Å². The lowest BCUT2D eigenvalue weighted by molar-refractivity contribution is -0.0803. The summed E-state index contributed by atoms with van der Waals surface area (Å²) in [5, 5.41) is 0. The van der Waals surface area contributed by atoms with Crippen LogP contribution in [0.15, 0.2) is 36.4 Å². The highest BCUT2D eigenvalue weighted by Crippen LogP contribution is 2.39. The van der Waals surface area contributed by atoms with E-state index >= 15 is 0 Å². The molecule has 4 heteroatoms. The first kappa shape index (κ1) is 25.3. The number of alkyl halides is 3. The number of unbranched alkanes of at least 4 members (excludes halogenated alkanes) is 4. The second-order valence-electron chi connectivity index (χ2n) is 9.94. The smallest absolute Gasteiger partial charge is 0.378 e.